The van der Waals surface area contributed by atoms with Gasteiger partial charge in [-0.05, 0) is 11.6 Å². The van der Waals surface area contributed by atoms with Crippen LogP contribution in [0.15, 0.2) is 29.2 Å². The summed E-state index contributed by atoms with van der Waals surface area (Å²) in [6, 6.07) is 8.53. The third kappa shape index (κ3) is 2.83. The second-order valence-corrected chi connectivity index (χ2v) is 5.09. The molecule has 0 aliphatic rings. The van der Waals surface area contributed by atoms with Crippen LogP contribution in [0, 0.1) is 0 Å². The molecule has 12 heavy (non-hydrogen) atoms. The lowest BCUT2D eigenvalue weighted by Crippen LogP contribution is -1.89. The molecule has 0 bridgehead atoms. The van der Waals surface area contributed by atoms with Crippen molar-refractivity contribution in [3.8, 4) is 0 Å². The van der Waals surface area contributed by atoms with Gasteiger partial charge in [-0.1, -0.05) is 48.0 Å². The summed E-state index contributed by atoms with van der Waals surface area (Å²) >= 11 is 5.40. The van der Waals surface area contributed by atoms with Gasteiger partial charge in [-0.15, -0.1) is 11.8 Å². The summed E-state index contributed by atoms with van der Waals surface area (Å²) in [6.07, 6.45) is 0. The first-order valence-corrected chi connectivity index (χ1v) is 6.04. The fraction of sp³-hybridized carbons (Fsp3) is 0.400. The van der Waals surface area contributed by atoms with Crippen LogP contribution in [-0.4, -0.2) is 5.25 Å². The summed E-state index contributed by atoms with van der Waals surface area (Å²) in [5.41, 5.74) is 1.39. The molecule has 0 heterocycles. The monoisotopic (exact) mass is 244 g/mol. The van der Waals surface area contributed by atoms with E-state index >= 15 is 0 Å². The van der Waals surface area contributed by atoms with Crippen LogP contribution < -0.4 is 0 Å². The van der Waals surface area contributed by atoms with E-state index in [0.717, 1.165) is 5.33 Å². The van der Waals surface area contributed by atoms with Gasteiger partial charge in [0.15, 0.2) is 0 Å². The van der Waals surface area contributed by atoms with E-state index in [9.17, 15) is 0 Å². The zero-order valence-corrected chi connectivity index (χ0v) is 9.78. The largest absolute Gasteiger partial charge is 0.123 e. The molecule has 0 amide bonds. The summed E-state index contributed by atoms with van der Waals surface area (Å²) in [5, 5.41) is 1.60. The first kappa shape index (κ1) is 10.1. The van der Waals surface area contributed by atoms with Crippen molar-refractivity contribution in [2.24, 2.45) is 0 Å². The third-order valence-electron chi connectivity index (χ3n) is 1.48. The Morgan fingerprint density at radius 2 is 2.00 bits per heavy atom. The van der Waals surface area contributed by atoms with E-state index in [4.69, 9.17) is 0 Å². The highest BCUT2D eigenvalue weighted by molar-refractivity contribution is 9.08. The fourth-order valence-corrected chi connectivity index (χ4v) is 2.61. The Balaban J connectivity index is 2.82. The molecule has 0 aliphatic heterocycles. The van der Waals surface area contributed by atoms with Crippen LogP contribution >= 0.6 is 27.7 Å². The van der Waals surface area contributed by atoms with Crippen molar-refractivity contribution in [1.82, 2.24) is 0 Å². The highest BCUT2D eigenvalue weighted by atomic mass is 79.9. The highest BCUT2D eigenvalue weighted by Crippen LogP contribution is 2.27. The summed E-state index contributed by atoms with van der Waals surface area (Å²) in [7, 11) is 0. The van der Waals surface area contributed by atoms with Crippen molar-refractivity contribution in [3.05, 3.63) is 29.8 Å². The van der Waals surface area contributed by atoms with Gasteiger partial charge in [-0.25, -0.2) is 0 Å². The van der Waals surface area contributed by atoms with Gasteiger partial charge in [0.1, 0.15) is 0 Å². The lowest BCUT2D eigenvalue weighted by molar-refractivity contribution is 1.10. The van der Waals surface area contributed by atoms with Crippen molar-refractivity contribution in [2.75, 3.05) is 0 Å². The predicted molar refractivity (Wildman–Crippen MR) is 60.1 cm³/mol. The number of halogens is 1. The van der Waals surface area contributed by atoms with E-state index in [1.165, 1.54) is 10.5 Å². The van der Waals surface area contributed by atoms with E-state index in [1.54, 1.807) is 0 Å². The van der Waals surface area contributed by atoms with Crippen LogP contribution in [0.4, 0.5) is 0 Å². The Morgan fingerprint density at radius 1 is 1.33 bits per heavy atom. The molecule has 0 saturated carbocycles. The molecule has 0 atom stereocenters. The third-order valence-corrected chi connectivity index (χ3v) is 3.21. The average Bonchev–Trinajstić information content (AvgIpc) is 2.04. The number of benzene rings is 1. The number of hydrogen-bond donors (Lipinski definition) is 0. The van der Waals surface area contributed by atoms with Crippen LogP contribution in [0.2, 0.25) is 0 Å². The van der Waals surface area contributed by atoms with Crippen molar-refractivity contribution in [1.29, 1.82) is 0 Å². The van der Waals surface area contributed by atoms with Crippen LogP contribution in [0.3, 0.4) is 0 Å². The molecule has 0 nitrogen and oxygen atoms in total. The van der Waals surface area contributed by atoms with Crippen molar-refractivity contribution in [3.63, 3.8) is 0 Å². The zero-order chi connectivity index (χ0) is 8.97. The molecule has 1 aromatic rings. The SMILES string of the molecule is CC(C)Sc1ccccc1CBr. The number of hydrogen-bond acceptors (Lipinski definition) is 1. The standard InChI is InChI=1S/C10H13BrS/c1-8(2)12-10-6-4-3-5-9(10)7-11/h3-6,8H,7H2,1-2H3. The Bertz CT molecular complexity index is 245. The zero-order valence-electron chi connectivity index (χ0n) is 7.38. The summed E-state index contributed by atoms with van der Waals surface area (Å²) in [6.45, 7) is 4.44. The topological polar surface area (TPSA) is 0 Å². The minimum Gasteiger partial charge on any atom is -0.123 e. The first-order valence-electron chi connectivity index (χ1n) is 4.04. The van der Waals surface area contributed by atoms with Crippen LogP contribution in [-0.2, 0) is 5.33 Å². The first-order chi connectivity index (χ1) is 5.74. The molecule has 0 N–H and O–H groups in total. The average molecular weight is 245 g/mol. The van der Waals surface area contributed by atoms with Crippen LogP contribution in [0.25, 0.3) is 0 Å². The van der Waals surface area contributed by atoms with E-state index in [-0.39, 0.29) is 0 Å². The van der Waals surface area contributed by atoms with Gasteiger partial charge in [0.2, 0.25) is 0 Å². The molecular weight excluding hydrogens is 232 g/mol. The van der Waals surface area contributed by atoms with Gasteiger partial charge in [0.25, 0.3) is 0 Å². The van der Waals surface area contributed by atoms with E-state index in [0.29, 0.717) is 5.25 Å². The van der Waals surface area contributed by atoms with Gasteiger partial charge in [0, 0.05) is 15.5 Å². The van der Waals surface area contributed by atoms with Crippen LogP contribution in [0.1, 0.15) is 19.4 Å². The van der Waals surface area contributed by atoms with E-state index in [2.05, 4.69) is 54.0 Å². The second kappa shape index (κ2) is 4.93. The van der Waals surface area contributed by atoms with Gasteiger partial charge < -0.3 is 0 Å². The van der Waals surface area contributed by atoms with Crippen LogP contribution in [0.5, 0.6) is 0 Å². The molecule has 0 spiro atoms. The van der Waals surface area contributed by atoms with E-state index in [1.807, 2.05) is 11.8 Å². The fourth-order valence-electron chi connectivity index (χ4n) is 0.983. The molecule has 0 aromatic heterocycles. The maximum atomic E-state index is 3.48. The summed E-state index contributed by atoms with van der Waals surface area (Å²) in [4.78, 5) is 1.39. The normalized spacial score (nSPS) is 10.7. The highest BCUT2D eigenvalue weighted by Gasteiger charge is 2.02. The van der Waals surface area contributed by atoms with Crippen molar-refractivity contribution < 1.29 is 0 Å². The molecule has 0 fully saturated rings. The van der Waals surface area contributed by atoms with Crippen molar-refractivity contribution in [2.45, 2.75) is 29.3 Å². The molecule has 1 rings (SSSR count). The van der Waals surface area contributed by atoms with Crippen molar-refractivity contribution >= 4 is 27.7 Å². The molecule has 66 valence electrons. The molecule has 0 unspecified atom stereocenters. The summed E-state index contributed by atoms with van der Waals surface area (Å²) in [5.74, 6) is 0. The molecule has 2 heteroatoms. The lowest BCUT2D eigenvalue weighted by atomic mass is 10.2. The summed E-state index contributed by atoms with van der Waals surface area (Å²) < 4.78 is 0. The lowest BCUT2D eigenvalue weighted by Gasteiger charge is -2.08. The Labute approximate surface area is 86.9 Å². The smallest absolute Gasteiger partial charge is 0.0294 e. The number of rotatable bonds is 3. The quantitative estimate of drug-likeness (QED) is 0.571. The predicted octanol–water partition coefficient (Wildman–Crippen LogP) is 4.08. The minimum atomic E-state index is 0.658. The Hall–Kier alpha value is 0.0500. The maximum Gasteiger partial charge on any atom is 0.0294 e. The number of thioether (sulfide) groups is 1. The maximum absolute atomic E-state index is 3.48. The number of alkyl halides is 1. The van der Waals surface area contributed by atoms with Gasteiger partial charge in [0.05, 0.1) is 0 Å². The van der Waals surface area contributed by atoms with Gasteiger partial charge in [-0.2, -0.15) is 0 Å². The molecule has 0 saturated heterocycles. The second-order valence-electron chi connectivity index (χ2n) is 2.91. The Kier molecular flexibility index (Phi) is 4.16. The molecule has 1 aromatic carbocycles. The van der Waals surface area contributed by atoms with E-state index < -0.39 is 0 Å². The minimum absolute atomic E-state index is 0.658. The van der Waals surface area contributed by atoms with Gasteiger partial charge >= 0.3 is 0 Å². The van der Waals surface area contributed by atoms with Gasteiger partial charge in [-0.3, -0.25) is 0 Å². The molecular formula is C10H13BrS. The Morgan fingerprint density at radius 3 is 2.58 bits per heavy atom. The molecule has 0 radical (unpaired) electrons. The molecule has 0 aliphatic carbocycles.